The molecule has 0 spiro atoms. The molecule has 3 aromatic heterocycles. The smallest absolute Gasteiger partial charge is 0.174 e. The van der Waals surface area contributed by atoms with Gasteiger partial charge in [0.1, 0.15) is 11.4 Å². The van der Waals surface area contributed by atoms with Gasteiger partial charge in [-0.3, -0.25) is 4.79 Å². The lowest BCUT2D eigenvalue weighted by atomic mass is 10.2. The highest BCUT2D eigenvalue weighted by Gasteiger charge is 2.28. The molecule has 1 aliphatic rings. The first-order valence-corrected chi connectivity index (χ1v) is 9.54. The van der Waals surface area contributed by atoms with Crippen LogP contribution < -0.4 is 0 Å². The summed E-state index contributed by atoms with van der Waals surface area (Å²) < 4.78 is 3.38. The van der Waals surface area contributed by atoms with E-state index in [4.69, 9.17) is 0 Å². The third kappa shape index (κ3) is 2.70. The Morgan fingerprint density at radius 2 is 2.22 bits per heavy atom. The largest absolute Gasteiger partial charge is 0.345 e. The molecule has 0 saturated heterocycles. The van der Waals surface area contributed by atoms with Crippen LogP contribution in [0.15, 0.2) is 28.9 Å². The first-order valence-electron chi connectivity index (χ1n) is 7.68. The molecule has 0 aliphatic heterocycles. The van der Waals surface area contributed by atoms with Crippen LogP contribution in [0.5, 0.6) is 0 Å². The molecule has 3 heterocycles. The van der Waals surface area contributed by atoms with Gasteiger partial charge in [0.25, 0.3) is 0 Å². The molecule has 0 bridgehead atoms. The Kier molecular flexibility index (Phi) is 3.73. The van der Waals surface area contributed by atoms with E-state index < -0.39 is 0 Å². The molecule has 3 aromatic rings. The maximum Gasteiger partial charge on any atom is 0.174 e. The van der Waals surface area contributed by atoms with Crippen molar-refractivity contribution in [2.45, 2.75) is 37.8 Å². The van der Waals surface area contributed by atoms with E-state index in [0.717, 1.165) is 26.5 Å². The first kappa shape index (κ1) is 14.9. The molecule has 1 aliphatic carbocycles. The van der Waals surface area contributed by atoms with Gasteiger partial charge in [-0.15, -0.1) is 11.3 Å². The maximum absolute atomic E-state index is 12.6. The molecule has 23 heavy (non-hydrogen) atoms. The number of nitrogens with zero attached hydrogens (tertiary/aromatic N) is 3. The van der Waals surface area contributed by atoms with Crippen LogP contribution in [0.2, 0.25) is 0 Å². The van der Waals surface area contributed by atoms with E-state index in [1.807, 2.05) is 17.5 Å². The highest BCUT2D eigenvalue weighted by molar-refractivity contribution is 8.00. The van der Waals surface area contributed by atoms with E-state index in [-0.39, 0.29) is 5.78 Å². The topological polar surface area (TPSA) is 47.8 Å². The van der Waals surface area contributed by atoms with Gasteiger partial charge >= 0.3 is 0 Å². The Hall–Kier alpha value is -1.66. The van der Waals surface area contributed by atoms with E-state index in [0.29, 0.717) is 11.8 Å². The van der Waals surface area contributed by atoms with Gasteiger partial charge in [0, 0.05) is 23.0 Å². The summed E-state index contributed by atoms with van der Waals surface area (Å²) in [6, 6.07) is 4.63. The second-order valence-electron chi connectivity index (χ2n) is 5.91. The zero-order valence-electron chi connectivity index (χ0n) is 13.1. The number of Topliss-reactive ketones (excluding diaryl/α,β-unsaturated/α-hetero) is 1. The second-order valence-corrected chi connectivity index (χ2v) is 7.79. The van der Waals surface area contributed by atoms with Crippen molar-refractivity contribution in [3.63, 3.8) is 0 Å². The molecular formula is C17H17N3OS2. The number of carbonyl (C=O) groups is 1. The lowest BCUT2D eigenvalue weighted by Crippen LogP contribution is -2.06. The fourth-order valence-corrected chi connectivity index (χ4v) is 4.86. The van der Waals surface area contributed by atoms with Crippen LogP contribution in [-0.4, -0.2) is 26.1 Å². The SMILES string of the molecule is Cc1cc(C(=O)CSc2ncnc3ccsc23)c(C)n1C1CC1. The summed E-state index contributed by atoms with van der Waals surface area (Å²) in [5.41, 5.74) is 4.12. The molecule has 0 aromatic carbocycles. The summed E-state index contributed by atoms with van der Waals surface area (Å²) in [7, 11) is 0. The van der Waals surface area contributed by atoms with Gasteiger partial charge in [0.15, 0.2) is 5.78 Å². The molecule has 1 saturated carbocycles. The van der Waals surface area contributed by atoms with Crippen molar-refractivity contribution in [2.24, 2.45) is 0 Å². The van der Waals surface area contributed by atoms with Gasteiger partial charge in [0.05, 0.1) is 16.0 Å². The van der Waals surface area contributed by atoms with Crippen molar-refractivity contribution in [3.05, 3.63) is 40.8 Å². The van der Waals surface area contributed by atoms with Crippen molar-refractivity contribution < 1.29 is 4.79 Å². The molecule has 0 unspecified atom stereocenters. The van der Waals surface area contributed by atoms with E-state index in [9.17, 15) is 4.79 Å². The highest BCUT2D eigenvalue weighted by Crippen LogP contribution is 2.38. The molecule has 4 nitrogen and oxygen atoms in total. The summed E-state index contributed by atoms with van der Waals surface area (Å²) in [5, 5.41) is 2.91. The summed E-state index contributed by atoms with van der Waals surface area (Å²) in [4.78, 5) is 21.2. The van der Waals surface area contributed by atoms with E-state index in [1.165, 1.54) is 30.3 Å². The highest BCUT2D eigenvalue weighted by atomic mass is 32.2. The lowest BCUT2D eigenvalue weighted by Gasteiger charge is -2.07. The Morgan fingerprint density at radius 3 is 3.00 bits per heavy atom. The average molecular weight is 343 g/mol. The fourth-order valence-electron chi connectivity index (χ4n) is 3.03. The third-order valence-electron chi connectivity index (χ3n) is 4.25. The number of hydrogen-bond acceptors (Lipinski definition) is 5. The van der Waals surface area contributed by atoms with Crippen LogP contribution in [0.4, 0.5) is 0 Å². The van der Waals surface area contributed by atoms with E-state index in [2.05, 4.69) is 28.4 Å². The predicted octanol–water partition coefficient (Wildman–Crippen LogP) is 4.42. The molecule has 1 fully saturated rings. The van der Waals surface area contributed by atoms with E-state index >= 15 is 0 Å². The van der Waals surface area contributed by atoms with Crippen LogP contribution >= 0.6 is 23.1 Å². The van der Waals surface area contributed by atoms with Crippen molar-refractivity contribution >= 4 is 39.1 Å². The predicted molar refractivity (Wildman–Crippen MR) is 94.6 cm³/mol. The number of aryl methyl sites for hydroxylation is 1. The quantitative estimate of drug-likeness (QED) is 0.391. The van der Waals surface area contributed by atoms with Gasteiger partial charge < -0.3 is 4.57 Å². The molecule has 4 rings (SSSR count). The van der Waals surface area contributed by atoms with Crippen LogP contribution in [0.3, 0.4) is 0 Å². The molecular weight excluding hydrogens is 326 g/mol. The Balaban J connectivity index is 1.54. The Labute approximate surface area is 143 Å². The summed E-state index contributed by atoms with van der Waals surface area (Å²) in [6.07, 6.45) is 4.03. The summed E-state index contributed by atoms with van der Waals surface area (Å²) >= 11 is 3.13. The van der Waals surface area contributed by atoms with Crippen LogP contribution in [0.1, 0.15) is 40.6 Å². The van der Waals surface area contributed by atoms with Gasteiger partial charge in [-0.05, 0) is 44.2 Å². The van der Waals surface area contributed by atoms with Gasteiger partial charge in [-0.2, -0.15) is 0 Å². The standard InChI is InChI=1S/C17H17N3OS2/c1-10-7-13(11(2)20(10)12-3-4-12)15(21)8-23-17-16-14(5-6-22-16)18-9-19-17/h5-7,9,12H,3-4,8H2,1-2H3. The van der Waals surface area contributed by atoms with Gasteiger partial charge in [-0.1, -0.05) is 11.8 Å². The Bertz CT molecular complexity index is 893. The first-order chi connectivity index (χ1) is 11.1. The van der Waals surface area contributed by atoms with Crippen LogP contribution in [-0.2, 0) is 0 Å². The zero-order valence-corrected chi connectivity index (χ0v) is 14.7. The third-order valence-corrected chi connectivity index (χ3v) is 6.28. The van der Waals surface area contributed by atoms with Gasteiger partial charge in [0.2, 0.25) is 0 Å². The zero-order chi connectivity index (χ0) is 16.0. The average Bonchev–Trinajstić information content (AvgIpc) is 3.16. The molecule has 6 heteroatoms. The van der Waals surface area contributed by atoms with Crippen molar-refractivity contribution in [2.75, 3.05) is 5.75 Å². The molecule has 0 amide bonds. The number of carbonyl (C=O) groups excluding carboxylic acids is 1. The van der Waals surface area contributed by atoms with Crippen LogP contribution in [0, 0.1) is 13.8 Å². The normalized spacial score (nSPS) is 14.5. The van der Waals surface area contributed by atoms with Crippen LogP contribution in [0.25, 0.3) is 10.2 Å². The number of ketones is 1. The number of thiophene rings is 1. The number of hydrogen-bond donors (Lipinski definition) is 0. The van der Waals surface area contributed by atoms with Crippen molar-refractivity contribution in [1.29, 1.82) is 0 Å². The maximum atomic E-state index is 12.6. The minimum absolute atomic E-state index is 0.179. The number of thioether (sulfide) groups is 1. The monoisotopic (exact) mass is 343 g/mol. The molecule has 0 atom stereocenters. The van der Waals surface area contributed by atoms with Gasteiger partial charge in [-0.25, -0.2) is 9.97 Å². The minimum atomic E-state index is 0.179. The lowest BCUT2D eigenvalue weighted by molar-refractivity contribution is 0.102. The number of aromatic nitrogens is 3. The number of fused-ring (bicyclic) bond motifs is 1. The Morgan fingerprint density at radius 1 is 1.39 bits per heavy atom. The summed E-state index contributed by atoms with van der Waals surface area (Å²) in [6.45, 7) is 4.15. The fraction of sp³-hybridized carbons (Fsp3) is 0.353. The minimum Gasteiger partial charge on any atom is -0.345 e. The second kappa shape index (κ2) is 5.76. The number of rotatable bonds is 5. The van der Waals surface area contributed by atoms with Crippen molar-refractivity contribution in [3.8, 4) is 0 Å². The molecule has 118 valence electrons. The molecule has 0 radical (unpaired) electrons. The molecule has 0 N–H and O–H groups in total. The van der Waals surface area contributed by atoms with Crippen molar-refractivity contribution in [1.82, 2.24) is 14.5 Å². The summed E-state index contributed by atoms with van der Waals surface area (Å²) in [5.74, 6) is 0.595. The van der Waals surface area contributed by atoms with E-state index in [1.54, 1.807) is 17.7 Å².